The van der Waals surface area contributed by atoms with Crippen molar-refractivity contribution in [2.45, 2.75) is 32.2 Å². The number of likely N-dealkylation sites (tertiary alicyclic amines) is 1. The molecule has 3 rings (SSSR count). The maximum atomic E-state index is 12.7. The molecular formula is C24H32ClN5O3. The lowest BCUT2D eigenvalue weighted by atomic mass is 9.88. The summed E-state index contributed by atoms with van der Waals surface area (Å²) in [7, 11) is 1.60. The van der Waals surface area contributed by atoms with Crippen LogP contribution < -0.4 is 20.7 Å². The number of carbonyl (C=O) groups is 2. The molecule has 1 aromatic carbocycles. The Morgan fingerprint density at radius 3 is 2.61 bits per heavy atom. The molecule has 0 radical (unpaired) electrons. The van der Waals surface area contributed by atoms with E-state index >= 15 is 0 Å². The van der Waals surface area contributed by atoms with E-state index in [1.807, 2.05) is 12.1 Å². The number of piperidine rings is 1. The Hall–Kier alpha value is -2.84. The van der Waals surface area contributed by atoms with Crippen molar-refractivity contribution in [2.75, 3.05) is 38.6 Å². The summed E-state index contributed by atoms with van der Waals surface area (Å²) in [5.74, 6) is 1.01. The van der Waals surface area contributed by atoms with E-state index in [0.717, 1.165) is 5.69 Å². The second-order valence-electron chi connectivity index (χ2n) is 8.66. The highest BCUT2D eigenvalue weighted by Gasteiger charge is 2.33. The van der Waals surface area contributed by atoms with Crippen LogP contribution in [0.5, 0.6) is 5.75 Å². The number of benzene rings is 1. The minimum Gasteiger partial charge on any atom is -0.495 e. The van der Waals surface area contributed by atoms with E-state index in [-0.39, 0.29) is 23.9 Å². The van der Waals surface area contributed by atoms with Gasteiger partial charge in [0.25, 0.3) is 0 Å². The first-order valence-electron chi connectivity index (χ1n) is 11.2. The van der Waals surface area contributed by atoms with Crippen molar-refractivity contribution in [3.8, 4) is 5.75 Å². The van der Waals surface area contributed by atoms with Crippen LogP contribution in [0.25, 0.3) is 0 Å². The fourth-order valence-electron chi connectivity index (χ4n) is 3.81. The first kappa shape index (κ1) is 24.8. The molecule has 0 aliphatic carbocycles. The van der Waals surface area contributed by atoms with Crippen LogP contribution in [-0.2, 0) is 4.79 Å². The molecule has 1 aliphatic heterocycles. The molecule has 0 unspecified atom stereocenters. The van der Waals surface area contributed by atoms with Crippen molar-refractivity contribution in [3.05, 3.63) is 53.3 Å². The molecule has 3 amide bonds. The van der Waals surface area contributed by atoms with Gasteiger partial charge in [-0.25, -0.2) is 4.79 Å². The number of nitrogens with one attached hydrogen (secondary N) is 3. The molecule has 0 bridgehead atoms. The molecule has 1 fully saturated rings. The van der Waals surface area contributed by atoms with Gasteiger partial charge in [-0.1, -0.05) is 25.4 Å². The quantitative estimate of drug-likeness (QED) is 0.545. The maximum Gasteiger partial charge on any atom is 0.319 e. The molecule has 1 aromatic heterocycles. The van der Waals surface area contributed by atoms with Gasteiger partial charge in [0.05, 0.1) is 19.9 Å². The average Bonchev–Trinajstić information content (AvgIpc) is 2.80. The molecule has 9 heteroatoms. The predicted octanol–water partition coefficient (Wildman–Crippen LogP) is 3.50. The Morgan fingerprint density at radius 1 is 1.21 bits per heavy atom. The first-order chi connectivity index (χ1) is 15.8. The number of amides is 3. The van der Waals surface area contributed by atoms with Crippen molar-refractivity contribution in [3.63, 3.8) is 0 Å². The first-order valence-corrected chi connectivity index (χ1v) is 11.5. The van der Waals surface area contributed by atoms with Gasteiger partial charge in [0.15, 0.2) is 0 Å². The highest BCUT2D eigenvalue weighted by Crippen LogP contribution is 2.27. The van der Waals surface area contributed by atoms with E-state index in [1.54, 1.807) is 37.6 Å². The summed E-state index contributed by atoms with van der Waals surface area (Å²) in [5.41, 5.74) is 1.51. The van der Waals surface area contributed by atoms with Crippen molar-refractivity contribution < 1.29 is 14.3 Å². The molecule has 2 atom stereocenters. The number of nitrogens with zero attached hydrogens (tertiary/aromatic N) is 2. The van der Waals surface area contributed by atoms with E-state index in [4.69, 9.17) is 16.3 Å². The molecule has 8 nitrogen and oxygen atoms in total. The van der Waals surface area contributed by atoms with Crippen LogP contribution in [0.2, 0.25) is 5.02 Å². The Balaban J connectivity index is 1.68. The summed E-state index contributed by atoms with van der Waals surface area (Å²) in [6, 6.07) is 10.3. The summed E-state index contributed by atoms with van der Waals surface area (Å²) < 4.78 is 5.23. The smallest absolute Gasteiger partial charge is 0.319 e. The van der Waals surface area contributed by atoms with Crippen molar-refractivity contribution in [2.24, 2.45) is 5.92 Å². The summed E-state index contributed by atoms with van der Waals surface area (Å²) in [5, 5.41) is 9.52. The number of rotatable bonds is 8. The van der Waals surface area contributed by atoms with Gasteiger partial charge >= 0.3 is 6.03 Å². The average molecular weight is 474 g/mol. The number of carbonyl (C=O) groups excluding carboxylic acids is 2. The summed E-state index contributed by atoms with van der Waals surface area (Å²) in [6.07, 6.45) is 2.37. The van der Waals surface area contributed by atoms with Crippen LogP contribution in [0.3, 0.4) is 0 Å². The maximum absolute atomic E-state index is 12.7. The number of urea groups is 1. The largest absolute Gasteiger partial charge is 0.495 e. The Bertz CT molecular complexity index is 921. The van der Waals surface area contributed by atoms with Gasteiger partial charge in [-0.3, -0.25) is 14.7 Å². The zero-order chi connectivity index (χ0) is 23.8. The van der Waals surface area contributed by atoms with Gasteiger partial charge in [-0.15, -0.1) is 0 Å². The zero-order valence-corrected chi connectivity index (χ0v) is 20.1. The van der Waals surface area contributed by atoms with Crippen molar-refractivity contribution in [1.82, 2.24) is 20.5 Å². The second-order valence-corrected chi connectivity index (χ2v) is 9.10. The molecule has 178 valence electrons. The number of anilines is 1. The third-order valence-electron chi connectivity index (χ3n) is 5.57. The highest BCUT2D eigenvalue weighted by atomic mass is 35.5. The molecule has 1 saturated heterocycles. The van der Waals surface area contributed by atoms with Crippen LogP contribution in [0.4, 0.5) is 10.5 Å². The Morgan fingerprint density at radius 2 is 1.97 bits per heavy atom. The van der Waals surface area contributed by atoms with Gasteiger partial charge in [0, 0.05) is 48.0 Å². The van der Waals surface area contributed by atoms with Crippen LogP contribution in [0, 0.1) is 5.92 Å². The fraction of sp³-hybridized carbons (Fsp3) is 0.458. The SMILES string of the molecule is COc1ccc([C@@H]2CN(CC(=O)NCC(C)C)CC[C@H]2NC(=O)Nc2ccc(Cl)cc2)nc1. The molecule has 1 aliphatic rings. The normalized spacial score (nSPS) is 18.6. The van der Waals surface area contributed by atoms with E-state index in [9.17, 15) is 9.59 Å². The minimum atomic E-state index is -0.288. The van der Waals surface area contributed by atoms with E-state index in [1.165, 1.54) is 0 Å². The van der Waals surface area contributed by atoms with E-state index in [2.05, 4.69) is 39.7 Å². The predicted molar refractivity (Wildman–Crippen MR) is 130 cm³/mol. The summed E-state index contributed by atoms with van der Waals surface area (Å²) in [4.78, 5) is 31.7. The molecule has 33 heavy (non-hydrogen) atoms. The van der Waals surface area contributed by atoms with Crippen LogP contribution in [0.1, 0.15) is 31.9 Å². The van der Waals surface area contributed by atoms with Crippen LogP contribution in [0.15, 0.2) is 42.6 Å². The number of pyridine rings is 1. The Kier molecular flexibility index (Phi) is 8.91. The van der Waals surface area contributed by atoms with Crippen LogP contribution >= 0.6 is 11.6 Å². The molecule has 0 spiro atoms. The van der Waals surface area contributed by atoms with E-state index in [0.29, 0.717) is 55.0 Å². The van der Waals surface area contributed by atoms with E-state index < -0.39 is 0 Å². The molecule has 2 heterocycles. The standard InChI is InChI=1S/C24H32ClN5O3/c1-16(2)12-27-23(31)15-30-11-10-22(20(14-30)21-9-8-19(33-3)13-26-21)29-24(32)28-18-6-4-17(25)5-7-18/h4-9,13,16,20,22H,10-12,14-15H2,1-3H3,(H,27,31)(H2,28,29,32)/t20-,22+/m0/s1. The molecule has 0 saturated carbocycles. The number of methoxy groups -OCH3 is 1. The lowest BCUT2D eigenvalue weighted by molar-refractivity contribution is -0.122. The summed E-state index contributed by atoms with van der Waals surface area (Å²) in [6.45, 7) is 6.43. The fourth-order valence-corrected chi connectivity index (χ4v) is 3.94. The van der Waals surface area contributed by atoms with Gasteiger partial charge in [-0.2, -0.15) is 0 Å². The van der Waals surface area contributed by atoms with Gasteiger partial charge in [0.1, 0.15) is 5.75 Å². The van der Waals surface area contributed by atoms with Gasteiger partial charge in [-0.05, 0) is 48.7 Å². The monoisotopic (exact) mass is 473 g/mol. The second kappa shape index (κ2) is 11.9. The van der Waals surface area contributed by atoms with Crippen molar-refractivity contribution >= 4 is 29.2 Å². The minimum absolute atomic E-state index is 0.0111. The summed E-state index contributed by atoms with van der Waals surface area (Å²) >= 11 is 5.92. The molecular weight excluding hydrogens is 442 g/mol. The lowest BCUT2D eigenvalue weighted by Gasteiger charge is -2.38. The third-order valence-corrected chi connectivity index (χ3v) is 5.82. The highest BCUT2D eigenvalue weighted by molar-refractivity contribution is 6.30. The topological polar surface area (TPSA) is 95.6 Å². The zero-order valence-electron chi connectivity index (χ0n) is 19.3. The number of hydrogen-bond donors (Lipinski definition) is 3. The van der Waals surface area contributed by atoms with Crippen LogP contribution in [-0.4, -0.2) is 61.2 Å². The van der Waals surface area contributed by atoms with Crippen molar-refractivity contribution in [1.29, 1.82) is 0 Å². The number of hydrogen-bond acceptors (Lipinski definition) is 5. The molecule has 2 aromatic rings. The van der Waals surface area contributed by atoms with Gasteiger partial charge in [0.2, 0.25) is 5.91 Å². The third kappa shape index (κ3) is 7.61. The Labute approximate surface area is 200 Å². The molecule has 3 N–H and O–H groups in total. The number of halogens is 1. The lowest BCUT2D eigenvalue weighted by Crippen LogP contribution is -2.52. The number of ether oxygens (including phenoxy) is 1. The number of aromatic nitrogens is 1. The van der Waals surface area contributed by atoms with Gasteiger partial charge < -0.3 is 20.7 Å².